The van der Waals surface area contributed by atoms with Gasteiger partial charge in [0.25, 0.3) is 11.5 Å². The van der Waals surface area contributed by atoms with E-state index in [0.717, 1.165) is 12.8 Å². The Morgan fingerprint density at radius 2 is 1.78 bits per heavy atom. The van der Waals surface area contributed by atoms with E-state index in [2.05, 4.69) is 23.3 Å². The van der Waals surface area contributed by atoms with Gasteiger partial charge in [-0.3, -0.25) is 9.59 Å². The molecule has 3 rings (SSSR count). The molecular formula is C18H19N3O2. The zero-order chi connectivity index (χ0) is 16.2. The Kier molecular flexibility index (Phi) is 4.37. The summed E-state index contributed by atoms with van der Waals surface area (Å²) in [5.41, 5.74) is 2.66. The van der Waals surface area contributed by atoms with Crippen LogP contribution in [0.2, 0.25) is 0 Å². The highest BCUT2D eigenvalue weighted by molar-refractivity contribution is 5.92. The van der Waals surface area contributed by atoms with Gasteiger partial charge in [-0.2, -0.15) is 5.10 Å². The summed E-state index contributed by atoms with van der Waals surface area (Å²) in [6, 6.07) is 13.1. The Hall–Kier alpha value is -2.69. The number of nitrogens with zero attached hydrogens (tertiary/aromatic N) is 3. The summed E-state index contributed by atoms with van der Waals surface area (Å²) in [6.07, 6.45) is 3.94. The number of hydrogen-bond donors (Lipinski definition) is 0. The smallest absolute Gasteiger partial charge is 0.274 e. The normalized spacial score (nSPS) is 14.7. The number of piperidine rings is 1. The van der Waals surface area contributed by atoms with Gasteiger partial charge in [0.05, 0.1) is 0 Å². The third-order valence-electron chi connectivity index (χ3n) is 4.04. The van der Waals surface area contributed by atoms with Crippen molar-refractivity contribution in [3.8, 4) is 0 Å². The lowest BCUT2D eigenvalue weighted by Crippen LogP contribution is -2.37. The summed E-state index contributed by atoms with van der Waals surface area (Å²) >= 11 is 0. The maximum atomic E-state index is 12.5. The van der Waals surface area contributed by atoms with Gasteiger partial charge in [0.2, 0.25) is 0 Å². The first-order valence-corrected chi connectivity index (χ1v) is 7.71. The molecule has 0 aliphatic carbocycles. The monoisotopic (exact) mass is 309 g/mol. The van der Waals surface area contributed by atoms with Gasteiger partial charge in [0, 0.05) is 26.2 Å². The first kappa shape index (κ1) is 15.2. The average Bonchev–Trinajstić information content (AvgIpc) is 2.58. The van der Waals surface area contributed by atoms with Crippen LogP contribution >= 0.6 is 0 Å². The van der Waals surface area contributed by atoms with Crippen molar-refractivity contribution in [3.63, 3.8) is 0 Å². The molecule has 5 nitrogen and oxygen atoms in total. The van der Waals surface area contributed by atoms with Crippen LogP contribution in [-0.2, 0) is 7.05 Å². The summed E-state index contributed by atoms with van der Waals surface area (Å²) in [6.45, 7) is 1.37. The lowest BCUT2D eigenvalue weighted by atomic mass is 10.0. The lowest BCUT2D eigenvalue weighted by Gasteiger charge is -2.28. The van der Waals surface area contributed by atoms with Crippen LogP contribution in [0, 0.1) is 0 Å². The SMILES string of the molecule is Cn1nc(C(=O)N2CCC(=Cc3ccccc3)CC2)ccc1=O. The Balaban J connectivity index is 1.66. The number of aromatic nitrogens is 2. The van der Waals surface area contributed by atoms with Crippen LogP contribution in [0.5, 0.6) is 0 Å². The third kappa shape index (κ3) is 3.56. The quantitative estimate of drug-likeness (QED) is 0.853. The number of hydrogen-bond acceptors (Lipinski definition) is 3. The zero-order valence-electron chi connectivity index (χ0n) is 13.1. The summed E-state index contributed by atoms with van der Waals surface area (Å²) in [7, 11) is 1.55. The molecule has 1 saturated heterocycles. The number of rotatable bonds is 2. The standard InChI is InChI=1S/C18H19N3O2/c1-20-17(22)8-7-16(19-20)18(23)21-11-9-15(10-12-21)13-14-5-3-2-4-6-14/h2-8,13H,9-12H2,1H3. The number of aryl methyl sites for hydroxylation is 1. The fourth-order valence-corrected chi connectivity index (χ4v) is 2.70. The van der Waals surface area contributed by atoms with E-state index in [4.69, 9.17) is 0 Å². The molecule has 1 aliphatic rings. The van der Waals surface area contributed by atoms with Crippen LogP contribution < -0.4 is 5.56 Å². The van der Waals surface area contributed by atoms with E-state index in [1.54, 1.807) is 11.9 Å². The lowest BCUT2D eigenvalue weighted by molar-refractivity contribution is 0.0735. The summed E-state index contributed by atoms with van der Waals surface area (Å²) in [4.78, 5) is 25.6. The minimum absolute atomic E-state index is 0.112. The van der Waals surface area contributed by atoms with E-state index in [1.807, 2.05) is 18.2 Å². The molecule has 5 heteroatoms. The molecule has 1 aromatic heterocycles. The number of carbonyl (C=O) groups excluding carboxylic acids is 1. The predicted molar refractivity (Wildman–Crippen MR) is 89.0 cm³/mol. The van der Waals surface area contributed by atoms with Crippen LogP contribution in [0.15, 0.2) is 52.8 Å². The fraction of sp³-hybridized carbons (Fsp3) is 0.278. The second-order valence-corrected chi connectivity index (χ2v) is 5.69. The number of amides is 1. The van der Waals surface area contributed by atoms with Crippen LogP contribution in [0.4, 0.5) is 0 Å². The van der Waals surface area contributed by atoms with Crippen LogP contribution in [0.1, 0.15) is 28.9 Å². The van der Waals surface area contributed by atoms with E-state index in [0.29, 0.717) is 18.8 Å². The molecule has 1 aromatic carbocycles. The summed E-state index contributed by atoms with van der Waals surface area (Å²) < 4.78 is 1.19. The molecule has 1 fully saturated rings. The molecule has 0 saturated carbocycles. The fourth-order valence-electron chi connectivity index (χ4n) is 2.70. The van der Waals surface area contributed by atoms with Gasteiger partial charge in [-0.25, -0.2) is 4.68 Å². The summed E-state index contributed by atoms with van der Waals surface area (Å²) in [5.74, 6) is -0.112. The predicted octanol–water partition coefficient (Wildman–Crippen LogP) is 2.10. The van der Waals surface area contributed by atoms with Gasteiger partial charge in [-0.15, -0.1) is 0 Å². The number of carbonyl (C=O) groups is 1. The van der Waals surface area contributed by atoms with Gasteiger partial charge in [-0.1, -0.05) is 42.0 Å². The molecule has 2 heterocycles. The van der Waals surface area contributed by atoms with E-state index >= 15 is 0 Å². The molecule has 118 valence electrons. The van der Waals surface area contributed by atoms with Crippen molar-refractivity contribution < 1.29 is 4.79 Å². The molecule has 0 atom stereocenters. The molecular weight excluding hydrogens is 290 g/mol. The highest BCUT2D eigenvalue weighted by Gasteiger charge is 2.21. The molecule has 0 unspecified atom stereocenters. The molecule has 1 aliphatic heterocycles. The minimum atomic E-state index is -0.215. The number of likely N-dealkylation sites (tertiary alicyclic amines) is 1. The average molecular weight is 309 g/mol. The topological polar surface area (TPSA) is 55.2 Å². The largest absolute Gasteiger partial charge is 0.337 e. The Morgan fingerprint density at radius 1 is 1.09 bits per heavy atom. The first-order chi connectivity index (χ1) is 11.1. The molecule has 0 N–H and O–H groups in total. The first-order valence-electron chi connectivity index (χ1n) is 7.71. The van der Waals surface area contributed by atoms with Crippen molar-refractivity contribution in [1.29, 1.82) is 0 Å². The number of benzene rings is 1. The van der Waals surface area contributed by atoms with E-state index in [1.165, 1.54) is 28.0 Å². The van der Waals surface area contributed by atoms with Crippen molar-refractivity contribution in [2.24, 2.45) is 7.05 Å². The van der Waals surface area contributed by atoms with Gasteiger partial charge >= 0.3 is 0 Å². The Bertz CT molecular complexity index is 783. The molecule has 0 radical (unpaired) electrons. The van der Waals surface area contributed by atoms with Gasteiger partial charge in [0.15, 0.2) is 0 Å². The van der Waals surface area contributed by atoms with E-state index in [-0.39, 0.29) is 11.5 Å². The zero-order valence-corrected chi connectivity index (χ0v) is 13.1. The molecule has 2 aromatic rings. The second kappa shape index (κ2) is 6.60. The molecule has 0 spiro atoms. The third-order valence-corrected chi connectivity index (χ3v) is 4.04. The van der Waals surface area contributed by atoms with Crippen molar-refractivity contribution in [1.82, 2.24) is 14.7 Å². The van der Waals surface area contributed by atoms with E-state index in [9.17, 15) is 9.59 Å². The van der Waals surface area contributed by atoms with Crippen LogP contribution in [-0.4, -0.2) is 33.7 Å². The van der Waals surface area contributed by atoms with Crippen molar-refractivity contribution >= 4 is 12.0 Å². The van der Waals surface area contributed by atoms with E-state index < -0.39 is 0 Å². The summed E-state index contributed by atoms with van der Waals surface area (Å²) in [5, 5.41) is 4.03. The Labute approximate surface area is 134 Å². The van der Waals surface area contributed by atoms with Gasteiger partial charge in [0.1, 0.15) is 5.69 Å². The second-order valence-electron chi connectivity index (χ2n) is 5.69. The van der Waals surface area contributed by atoms with Gasteiger partial charge in [-0.05, 0) is 24.5 Å². The van der Waals surface area contributed by atoms with Crippen molar-refractivity contribution in [3.05, 3.63) is 69.6 Å². The maximum Gasteiger partial charge on any atom is 0.274 e. The van der Waals surface area contributed by atoms with Crippen LogP contribution in [0.3, 0.4) is 0 Å². The minimum Gasteiger partial charge on any atom is -0.337 e. The molecule has 1 amide bonds. The highest BCUT2D eigenvalue weighted by atomic mass is 16.2. The molecule has 23 heavy (non-hydrogen) atoms. The van der Waals surface area contributed by atoms with Crippen molar-refractivity contribution in [2.75, 3.05) is 13.1 Å². The van der Waals surface area contributed by atoms with Gasteiger partial charge < -0.3 is 4.90 Å². The highest BCUT2D eigenvalue weighted by Crippen LogP contribution is 2.20. The maximum absolute atomic E-state index is 12.5. The molecule has 0 bridgehead atoms. The Morgan fingerprint density at radius 3 is 2.43 bits per heavy atom. The van der Waals surface area contributed by atoms with Crippen LogP contribution in [0.25, 0.3) is 6.08 Å². The van der Waals surface area contributed by atoms with Crippen molar-refractivity contribution in [2.45, 2.75) is 12.8 Å².